The molecule has 0 radical (unpaired) electrons. The highest BCUT2D eigenvalue weighted by Gasteiger charge is 2.28. The van der Waals surface area contributed by atoms with Gasteiger partial charge < -0.3 is 0 Å². The van der Waals surface area contributed by atoms with Gasteiger partial charge in [0.2, 0.25) is 5.78 Å². The minimum Gasteiger partial charge on any atom is -0.287 e. The molecule has 0 heterocycles. The van der Waals surface area contributed by atoms with Gasteiger partial charge in [0.05, 0.1) is 5.69 Å². The molecule has 28 heavy (non-hydrogen) atoms. The predicted octanol–water partition coefficient (Wildman–Crippen LogP) is 6.46. The van der Waals surface area contributed by atoms with Crippen LogP contribution >= 0.6 is 0 Å². The molecule has 0 unspecified atom stereocenters. The van der Waals surface area contributed by atoms with E-state index in [1.807, 2.05) is 54.6 Å². The Morgan fingerprint density at radius 3 is 2.04 bits per heavy atom. The molecule has 0 bridgehead atoms. The van der Waals surface area contributed by atoms with E-state index in [-0.39, 0.29) is 5.78 Å². The standard InChI is InChI=1S/C26H15NO/c28-26-22-14-6-9-16-8-5-13-21(24(16)22)25(26)27-23-15-17-7-1-2-10-18(17)19-11-3-4-12-20(19)23/h1-15H/b27-25+. The van der Waals surface area contributed by atoms with Crippen molar-refractivity contribution in [2.75, 3.05) is 0 Å². The fourth-order valence-corrected chi connectivity index (χ4v) is 4.34. The zero-order valence-corrected chi connectivity index (χ0v) is 15.0. The van der Waals surface area contributed by atoms with Gasteiger partial charge in [-0.1, -0.05) is 84.9 Å². The maximum absolute atomic E-state index is 13.2. The summed E-state index contributed by atoms with van der Waals surface area (Å²) < 4.78 is 0. The van der Waals surface area contributed by atoms with E-state index in [9.17, 15) is 4.79 Å². The van der Waals surface area contributed by atoms with Crippen LogP contribution < -0.4 is 0 Å². The van der Waals surface area contributed by atoms with E-state index in [4.69, 9.17) is 4.99 Å². The zero-order valence-electron chi connectivity index (χ0n) is 15.0. The van der Waals surface area contributed by atoms with Gasteiger partial charge in [-0.15, -0.1) is 0 Å². The molecule has 0 N–H and O–H groups in total. The molecule has 2 nitrogen and oxygen atoms in total. The molecule has 1 aliphatic carbocycles. The van der Waals surface area contributed by atoms with Crippen LogP contribution in [0.2, 0.25) is 0 Å². The third kappa shape index (κ3) is 2.03. The Hall–Kier alpha value is -3.78. The van der Waals surface area contributed by atoms with Crippen molar-refractivity contribution in [2.45, 2.75) is 0 Å². The highest BCUT2D eigenvalue weighted by Crippen LogP contribution is 2.36. The molecule has 0 amide bonds. The van der Waals surface area contributed by atoms with Crippen LogP contribution in [0.1, 0.15) is 15.9 Å². The monoisotopic (exact) mass is 357 g/mol. The van der Waals surface area contributed by atoms with Gasteiger partial charge in [-0.3, -0.25) is 4.79 Å². The van der Waals surface area contributed by atoms with Crippen molar-refractivity contribution in [1.29, 1.82) is 0 Å². The summed E-state index contributed by atoms with van der Waals surface area (Å²) in [6.45, 7) is 0. The maximum Gasteiger partial charge on any atom is 0.212 e. The molecule has 1 aliphatic rings. The number of ketones is 1. The van der Waals surface area contributed by atoms with Crippen LogP contribution in [0.4, 0.5) is 5.69 Å². The first-order valence-corrected chi connectivity index (χ1v) is 9.37. The van der Waals surface area contributed by atoms with Gasteiger partial charge in [0.15, 0.2) is 0 Å². The molecular formula is C26H15NO. The Balaban J connectivity index is 1.69. The number of fused-ring (bicyclic) bond motifs is 3. The summed E-state index contributed by atoms with van der Waals surface area (Å²) >= 11 is 0. The van der Waals surface area contributed by atoms with Gasteiger partial charge in [-0.2, -0.15) is 0 Å². The average Bonchev–Trinajstić information content (AvgIpc) is 3.02. The number of carbonyl (C=O) groups excluding carboxylic acids is 1. The van der Waals surface area contributed by atoms with E-state index in [1.165, 1.54) is 5.39 Å². The maximum atomic E-state index is 13.2. The zero-order chi connectivity index (χ0) is 18.7. The number of carbonyl (C=O) groups is 1. The second kappa shape index (κ2) is 5.61. The number of nitrogens with zero attached hydrogens (tertiary/aromatic N) is 1. The molecule has 0 saturated heterocycles. The summed E-state index contributed by atoms with van der Waals surface area (Å²) in [6.07, 6.45) is 0. The molecular weight excluding hydrogens is 342 g/mol. The van der Waals surface area contributed by atoms with Crippen LogP contribution in [0.15, 0.2) is 96.0 Å². The first-order chi connectivity index (χ1) is 13.8. The van der Waals surface area contributed by atoms with Gasteiger partial charge in [0.25, 0.3) is 0 Å². The van der Waals surface area contributed by atoms with Crippen molar-refractivity contribution < 1.29 is 4.79 Å². The summed E-state index contributed by atoms with van der Waals surface area (Å²) in [5.41, 5.74) is 3.04. The van der Waals surface area contributed by atoms with E-state index >= 15 is 0 Å². The summed E-state index contributed by atoms with van der Waals surface area (Å²) in [7, 11) is 0. The third-order valence-corrected chi connectivity index (χ3v) is 5.60. The molecule has 5 aromatic rings. The largest absolute Gasteiger partial charge is 0.287 e. The van der Waals surface area contributed by atoms with Crippen molar-refractivity contribution >= 4 is 49.5 Å². The second-order valence-corrected chi connectivity index (χ2v) is 7.16. The Kier molecular flexibility index (Phi) is 3.06. The highest BCUT2D eigenvalue weighted by atomic mass is 16.1. The van der Waals surface area contributed by atoms with Crippen molar-refractivity contribution in [3.05, 3.63) is 102 Å². The van der Waals surface area contributed by atoms with Gasteiger partial charge in [-0.05, 0) is 27.6 Å². The average molecular weight is 357 g/mol. The lowest BCUT2D eigenvalue weighted by Crippen LogP contribution is -2.08. The molecule has 0 saturated carbocycles. The molecule has 0 fully saturated rings. The van der Waals surface area contributed by atoms with Crippen LogP contribution in [0.5, 0.6) is 0 Å². The molecule has 0 atom stereocenters. The summed E-state index contributed by atoms with van der Waals surface area (Å²) in [5.74, 6) is 0.00374. The Morgan fingerprint density at radius 2 is 1.21 bits per heavy atom. The molecule has 0 aliphatic heterocycles. The van der Waals surface area contributed by atoms with E-state index in [0.717, 1.165) is 43.7 Å². The van der Waals surface area contributed by atoms with Gasteiger partial charge in [0, 0.05) is 21.9 Å². The first-order valence-electron chi connectivity index (χ1n) is 9.37. The Labute approximate surface area is 161 Å². The second-order valence-electron chi connectivity index (χ2n) is 7.16. The predicted molar refractivity (Wildman–Crippen MR) is 116 cm³/mol. The minimum absolute atomic E-state index is 0.00374. The van der Waals surface area contributed by atoms with Crippen molar-refractivity contribution in [3.63, 3.8) is 0 Å². The smallest absolute Gasteiger partial charge is 0.212 e. The van der Waals surface area contributed by atoms with Crippen LogP contribution in [-0.2, 0) is 0 Å². The molecule has 130 valence electrons. The number of hydrogen-bond acceptors (Lipinski definition) is 2. The van der Waals surface area contributed by atoms with Crippen LogP contribution in [0, 0.1) is 0 Å². The Bertz CT molecular complexity index is 1470. The fourth-order valence-electron chi connectivity index (χ4n) is 4.34. The number of hydrogen-bond donors (Lipinski definition) is 0. The lowest BCUT2D eigenvalue weighted by atomic mass is 10.00. The summed E-state index contributed by atoms with van der Waals surface area (Å²) in [4.78, 5) is 18.1. The van der Waals surface area contributed by atoms with E-state index in [0.29, 0.717) is 5.71 Å². The van der Waals surface area contributed by atoms with Crippen molar-refractivity contribution in [1.82, 2.24) is 0 Å². The number of rotatable bonds is 1. The lowest BCUT2D eigenvalue weighted by molar-refractivity contribution is 0.107. The molecule has 6 rings (SSSR count). The number of aliphatic imine (C=N–C) groups is 1. The SMILES string of the molecule is O=C1/C(=N/c2cc3ccccc3c3ccccc23)c2cccc3cccc1c23. The first kappa shape index (κ1) is 15.3. The number of Topliss-reactive ketones (excluding diaryl/α,β-unsaturated/α-hetero) is 1. The Morgan fingerprint density at radius 1 is 0.571 bits per heavy atom. The normalized spacial score (nSPS) is 14.6. The van der Waals surface area contributed by atoms with E-state index in [1.54, 1.807) is 0 Å². The van der Waals surface area contributed by atoms with Crippen LogP contribution in [0.25, 0.3) is 32.3 Å². The van der Waals surface area contributed by atoms with Gasteiger partial charge in [-0.25, -0.2) is 4.99 Å². The van der Waals surface area contributed by atoms with Crippen molar-refractivity contribution in [2.24, 2.45) is 4.99 Å². The van der Waals surface area contributed by atoms with Crippen molar-refractivity contribution in [3.8, 4) is 0 Å². The minimum atomic E-state index is 0.00374. The molecule has 0 spiro atoms. The van der Waals surface area contributed by atoms with Gasteiger partial charge in [0.1, 0.15) is 5.71 Å². The van der Waals surface area contributed by atoms with Crippen LogP contribution in [0.3, 0.4) is 0 Å². The quantitative estimate of drug-likeness (QED) is 0.316. The third-order valence-electron chi connectivity index (χ3n) is 5.60. The fraction of sp³-hybridized carbons (Fsp3) is 0. The van der Waals surface area contributed by atoms with E-state index in [2.05, 4.69) is 36.4 Å². The summed E-state index contributed by atoms with van der Waals surface area (Å²) in [5, 5.41) is 6.63. The number of benzene rings is 5. The molecule has 5 aromatic carbocycles. The highest BCUT2D eigenvalue weighted by molar-refractivity contribution is 6.59. The lowest BCUT2D eigenvalue weighted by Gasteiger charge is -2.08. The topological polar surface area (TPSA) is 29.4 Å². The van der Waals surface area contributed by atoms with Gasteiger partial charge >= 0.3 is 0 Å². The van der Waals surface area contributed by atoms with Crippen LogP contribution in [-0.4, -0.2) is 11.5 Å². The summed E-state index contributed by atoms with van der Waals surface area (Å²) in [6, 6.07) is 30.6. The van der Waals surface area contributed by atoms with E-state index < -0.39 is 0 Å². The molecule has 0 aromatic heterocycles. The molecule has 2 heteroatoms.